The molecule has 0 amide bonds. The van der Waals surface area contributed by atoms with Crippen LogP contribution in [0.4, 0.5) is 4.39 Å². The van der Waals surface area contributed by atoms with E-state index in [9.17, 15) is 4.39 Å². The number of rotatable bonds is 3. The lowest BCUT2D eigenvalue weighted by molar-refractivity contribution is 0.00326. The van der Waals surface area contributed by atoms with E-state index in [4.69, 9.17) is 9.26 Å². The summed E-state index contributed by atoms with van der Waals surface area (Å²) in [5, 5.41) is 4.08. The lowest BCUT2D eigenvalue weighted by atomic mass is 10.1. The highest BCUT2D eigenvalue weighted by Gasteiger charge is 2.26. The van der Waals surface area contributed by atoms with Crippen LogP contribution in [0.3, 0.4) is 0 Å². The third-order valence-electron chi connectivity index (χ3n) is 4.72. The maximum Gasteiger partial charge on any atom is 0.278 e. The van der Waals surface area contributed by atoms with Crippen LogP contribution in [0.2, 0.25) is 0 Å². The Kier molecular flexibility index (Phi) is 4.29. The van der Waals surface area contributed by atoms with E-state index in [-0.39, 0.29) is 11.9 Å². The summed E-state index contributed by atoms with van der Waals surface area (Å²) in [6, 6.07) is 14.0. The van der Waals surface area contributed by atoms with Crippen molar-refractivity contribution in [3.63, 3.8) is 0 Å². The van der Waals surface area contributed by atoms with E-state index in [0.717, 1.165) is 21.3 Å². The molecule has 0 aliphatic carbocycles. The quantitative estimate of drug-likeness (QED) is 0.458. The fourth-order valence-corrected chi connectivity index (χ4v) is 3.72. The van der Waals surface area contributed by atoms with Crippen molar-refractivity contribution < 1.29 is 13.7 Å². The van der Waals surface area contributed by atoms with Crippen molar-refractivity contribution in [2.24, 2.45) is 0 Å². The zero-order valence-corrected chi connectivity index (χ0v) is 16.1. The molecule has 1 aliphatic heterocycles. The number of benzene rings is 2. The van der Waals surface area contributed by atoms with Crippen molar-refractivity contribution in [1.29, 1.82) is 0 Å². The Morgan fingerprint density at radius 2 is 1.93 bits per heavy atom. The molecule has 1 atom stereocenters. The van der Waals surface area contributed by atoms with Crippen molar-refractivity contribution in [3.05, 3.63) is 76.4 Å². The predicted molar refractivity (Wildman–Crippen MR) is 103 cm³/mol. The van der Waals surface area contributed by atoms with Crippen molar-refractivity contribution in [3.8, 4) is 23.0 Å². The number of aromatic nitrogens is 4. The Hall–Kier alpha value is -2.84. The number of hydrogen-bond acceptors (Lipinski definition) is 5. The third-order valence-corrected chi connectivity index (χ3v) is 5.41. The molecule has 8 heteroatoms. The minimum atomic E-state index is -0.262. The average Bonchev–Trinajstić information content (AvgIpc) is 3.35. The second kappa shape index (κ2) is 6.96. The van der Waals surface area contributed by atoms with Gasteiger partial charge in [-0.1, -0.05) is 45.4 Å². The van der Waals surface area contributed by atoms with Gasteiger partial charge >= 0.3 is 0 Å². The second-order valence-corrected chi connectivity index (χ2v) is 7.30. The lowest BCUT2D eigenvalue weighted by Gasteiger charge is -2.25. The van der Waals surface area contributed by atoms with E-state index in [0.29, 0.717) is 30.6 Å². The molecule has 2 aromatic heterocycles. The summed E-state index contributed by atoms with van der Waals surface area (Å²) in [6.45, 7) is 0.934. The Morgan fingerprint density at radius 1 is 1.11 bits per heavy atom. The first-order valence-corrected chi connectivity index (χ1v) is 9.48. The van der Waals surface area contributed by atoms with Gasteiger partial charge in [-0.25, -0.2) is 9.37 Å². The maximum absolute atomic E-state index is 13.2. The summed E-state index contributed by atoms with van der Waals surface area (Å²) in [5.74, 6) is 0.580. The molecule has 1 aliphatic rings. The fourth-order valence-electron chi connectivity index (χ4n) is 3.26. The zero-order valence-electron chi connectivity index (χ0n) is 14.5. The second-order valence-electron chi connectivity index (χ2n) is 6.45. The molecule has 0 saturated carbocycles. The van der Waals surface area contributed by atoms with E-state index in [1.54, 1.807) is 18.5 Å². The summed E-state index contributed by atoms with van der Waals surface area (Å²) < 4.78 is 27.5. The number of imidazole rings is 1. The van der Waals surface area contributed by atoms with E-state index >= 15 is 0 Å². The molecular formula is C20H14BrFN4O2. The molecule has 28 heavy (non-hydrogen) atoms. The van der Waals surface area contributed by atoms with Crippen LogP contribution in [-0.4, -0.2) is 19.7 Å². The third kappa shape index (κ3) is 3.04. The van der Waals surface area contributed by atoms with Gasteiger partial charge in [0.05, 0.1) is 25.2 Å². The van der Waals surface area contributed by atoms with Gasteiger partial charge in [-0.2, -0.15) is 4.98 Å². The molecule has 0 saturated heterocycles. The molecule has 0 radical (unpaired) electrons. The van der Waals surface area contributed by atoms with Gasteiger partial charge in [-0.15, -0.1) is 0 Å². The van der Waals surface area contributed by atoms with Gasteiger partial charge in [0.2, 0.25) is 5.82 Å². The summed E-state index contributed by atoms with van der Waals surface area (Å²) >= 11 is 3.50. The van der Waals surface area contributed by atoms with E-state index < -0.39 is 0 Å². The Morgan fingerprint density at radius 3 is 2.75 bits per heavy atom. The first-order valence-electron chi connectivity index (χ1n) is 8.69. The van der Waals surface area contributed by atoms with Crippen molar-refractivity contribution in [1.82, 2.24) is 19.7 Å². The van der Waals surface area contributed by atoms with Crippen LogP contribution in [0.25, 0.3) is 23.0 Å². The summed E-state index contributed by atoms with van der Waals surface area (Å²) in [7, 11) is 0. The molecule has 0 N–H and O–H groups in total. The van der Waals surface area contributed by atoms with Gasteiger partial charge in [0, 0.05) is 10.0 Å². The van der Waals surface area contributed by atoms with Crippen molar-refractivity contribution in [2.45, 2.75) is 19.3 Å². The normalized spacial score (nSPS) is 16.1. The summed E-state index contributed by atoms with van der Waals surface area (Å²) in [4.78, 5) is 8.95. The smallest absolute Gasteiger partial charge is 0.278 e. The zero-order chi connectivity index (χ0) is 19.1. The first-order chi connectivity index (χ1) is 13.7. The highest BCUT2D eigenvalue weighted by atomic mass is 79.9. The Balaban J connectivity index is 1.43. The molecule has 6 nitrogen and oxygen atoms in total. The van der Waals surface area contributed by atoms with Crippen LogP contribution < -0.4 is 0 Å². The van der Waals surface area contributed by atoms with Crippen molar-refractivity contribution in [2.75, 3.05) is 0 Å². The van der Waals surface area contributed by atoms with Crippen LogP contribution >= 0.6 is 15.9 Å². The molecule has 4 aromatic rings. The van der Waals surface area contributed by atoms with E-state index in [2.05, 4.69) is 31.1 Å². The van der Waals surface area contributed by atoms with E-state index in [1.807, 2.05) is 28.8 Å². The number of halogens is 2. The van der Waals surface area contributed by atoms with Crippen LogP contribution in [0.15, 0.2) is 63.9 Å². The molecule has 0 unspecified atom stereocenters. The minimum absolute atomic E-state index is 0.159. The number of ether oxygens (including phenoxy) is 1. The molecule has 2 aromatic carbocycles. The number of hydrogen-bond donors (Lipinski definition) is 0. The molecule has 0 bridgehead atoms. The van der Waals surface area contributed by atoms with Gasteiger partial charge < -0.3 is 13.8 Å². The highest BCUT2D eigenvalue weighted by Crippen LogP contribution is 2.32. The van der Waals surface area contributed by atoms with Gasteiger partial charge in [-0.3, -0.25) is 0 Å². The van der Waals surface area contributed by atoms with Gasteiger partial charge in [0.1, 0.15) is 11.9 Å². The predicted octanol–water partition coefficient (Wildman–Crippen LogP) is 4.77. The Labute approximate surface area is 168 Å². The largest absolute Gasteiger partial charge is 0.365 e. The fraction of sp³-hybridized carbons (Fsp3) is 0.150. The van der Waals surface area contributed by atoms with Crippen molar-refractivity contribution >= 4 is 15.9 Å². The van der Waals surface area contributed by atoms with Gasteiger partial charge in [-0.05, 0) is 29.8 Å². The minimum Gasteiger partial charge on any atom is -0.365 e. The Bertz CT molecular complexity index is 1140. The monoisotopic (exact) mass is 440 g/mol. The number of nitrogens with zero attached hydrogens (tertiary/aromatic N) is 4. The molecular weight excluding hydrogens is 427 g/mol. The van der Waals surface area contributed by atoms with Gasteiger partial charge in [0.25, 0.3) is 5.89 Å². The summed E-state index contributed by atoms with van der Waals surface area (Å²) in [5.41, 5.74) is 3.26. The topological polar surface area (TPSA) is 66.0 Å². The summed E-state index contributed by atoms with van der Waals surface area (Å²) in [6.07, 6.45) is 1.58. The molecule has 140 valence electrons. The lowest BCUT2D eigenvalue weighted by Crippen LogP contribution is -2.20. The molecule has 3 heterocycles. The molecule has 0 spiro atoms. The van der Waals surface area contributed by atoms with Crippen LogP contribution in [0.5, 0.6) is 0 Å². The molecule has 0 fully saturated rings. The molecule has 5 rings (SSSR count). The van der Waals surface area contributed by atoms with Gasteiger partial charge in [0.15, 0.2) is 5.69 Å². The van der Waals surface area contributed by atoms with Crippen LogP contribution in [-0.2, 0) is 17.9 Å². The van der Waals surface area contributed by atoms with Crippen LogP contribution in [0.1, 0.15) is 17.4 Å². The SMILES string of the molecule is Fc1ccc([C@H]2Cn3cnc(-c4nc(-c5ccccc5Br)no4)c3CO2)cc1. The first kappa shape index (κ1) is 17.3. The standard InChI is InChI=1S/C20H14BrFN4O2/c21-15-4-2-1-3-14(15)19-24-20(28-25-19)18-16-10-27-17(9-26(16)11-23-18)12-5-7-13(22)8-6-12/h1-8,11,17H,9-10H2/t17-/m1/s1. The maximum atomic E-state index is 13.2. The number of fused-ring (bicyclic) bond motifs is 1. The van der Waals surface area contributed by atoms with E-state index in [1.165, 1.54) is 12.1 Å². The average molecular weight is 441 g/mol. The van der Waals surface area contributed by atoms with Crippen LogP contribution in [0, 0.1) is 5.82 Å². The highest BCUT2D eigenvalue weighted by molar-refractivity contribution is 9.10.